The van der Waals surface area contributed by atoms with Crippen molar-refractivity contribution in [1.82, 2.24) is 4.90 Å². The van der Waals surface area contributed by atoms with Crippen LogP contribution in [-0.2, 0) is 40.6 Å². The number of para-hydroxylation sites is 1. The smallest absolute Gasteiger partial charge is 0.331 e. The minimum Gasteiger partial charge on any atom is -0.452 e. The van der Waals surface area contributed by atoms with E-state index in [1.165, 1.54) is 27.4 Å². The van der Waals surface area contributed by atoms with Crippen molar-refractivity contribution < 1.29 is 31.2 Å². The standard InChI is InChI=1S/C25H28N2O7S2/c1-2-26(21-14-16-35(30,31)18-21)24(28)17-34-25(29)12-9-19-7-10-22(11-8-19)36(32,33)27-15-13-20-5-3-4-6-23(20)27/h3-12,21H,2,13-18H2,1H3/b12-9+. The number of esters is 1. The number of benzene rings is 2. The maximum atomic E-state index is 13.1. The molecule has 0 bridgehead atoms. The highest BCUT2D eigenvalue weighted by Gasteiger charge is 2.34. The van der Waals surface area contributed by atoms with Crippen LogP contribution in [0.5, 0.6) is 0 Å². The van der Waals surface area contributed by atoms with Gasteiger partial charge in [-0.1, -0.05) is 30.3 Å². The lowest BCUT2D eigenvalue weighted by atomic mass is 10.2. The van der Waals surface area contributed by atoms with Gasteiger partial charge in [0.15, 0.2) is 16.4 Å². The van der Waals surface area contributed by atoms with E-state index < -0.39 is 44.4 Å². The molecular weight excluding hydrogens is 504 g/mol. The van der Waals surface area contributed by atoms with Crippen LogP contribution >= 0.6 is 0 Å². The van der Waals surface area contributed by atoms with E-state index in [0.717, 1.165) is 11.6 Å². The number of amides is 1. The Labute approximate surface area is 211 Å². The molecule has 0 spiro atoms. The highest BCUT2D eigenvalue weighted by Crippen LogP contribution is 2.32. The van der Waals surface area contributed by atoms with Crippen LogP contribution in [0, 0.1) is 0 Å². The number of hydrogen-bond acceptors (Lipinski definition) is 7. The van der Waals surface area contributed by atoms with Gasteiger partial charge in [0, 0.05) is 25.2 Å². The minimum atomic E-state index is -3.71. The van der Waals surface area contributed by atoms with Crippen LogP contribution in [0.1, 0.15) is 24.5 Å². The molecule has 0 radical (unpaired) electrons. The van der Waals surface area contributed by atoms with E-state index in [9.17, 15) is 26.4 Å². The Hall–Kier alpha value is -3.18. The first kappa shape index (κ1) is 25.9. The van der Waals surface area contributed by atoms with Gasteiger partial charge >= 0.3 is 5.97 Å². The van der Waals surface area contributed by atoms with Crippen LogP contribution in [0.4, 0.5) is 5.69 Å². The summed E-state index contributed by atoms with van der Waals surface area (Å²) < 4.78 is 56.0. The second-order valence-corrected chi connectivity index (χ2v) is 12.8. The average Bonchev–Trinajstić information content (AvgIpc) is 3.45. The van der Waals surface area contributed by atoms with Gasteiger partial charge in [-0.3, -0.25) is 9.10 Å². The van der Waals surface area contributed by atoms with Crippen LogP contribution in [0.3, 0.4) is 0 Å². The first-order valence-corrected chi connectivity index (χ1v) is 14.9. The molecule has 2 heterocycles. The monoisotopic (exact) mass is 532 g/mol. The topological polar surface area (TPSA) is 118 Å². The molecule has 11 heteroatoms. The van der Waals surface area contributed by atoms with Crippen molar-refractivity contribution in [3.63, 3.8) is 0 Å². The number of carbonyl (C=O) groups excluding carboxylic acids is 2. The van der Waals surface area contributed by atoms with Crippen molar-refractivity contribution in [3.05, 3.63) is 65.7 Å². The number of sulfone groups is 1. The van der Waals surface area contributed by atoms with Gasteiger partial charge in [0.05, 0.1) is 22.1 Å². The Morgan fingerprint density at radius 1 is 1.14 bits per heavy atom. The lowest BCUT2D eigenvalue weighted by Crippen LogP contribution is -2.43. The van der Waals surface area contributed by atoms with E-state index in [2.05, 4.69) is 0 Å². The number of nitrogens with zero attached hydrogens (tertiary/aromatic N) is 2. The normalized spacial score (nSPS) is 18.8. The SMILES string of the molecule is CCN(C(=O)COC(=O)/C=C/c1ccc(S(=O)(=O)N2CCc3ccccc32)cc1)C1CCS(=O)(=O)C1. The largest absolute Gasteiger partial charge is 0.452 e. The van der Waals surface area contributed by atoms with Crippen LogP contribution in [-0.4, -0.2) is 70.9 Å². The van der Waals surface area contributed by atoms with E-state index in [0.29, 0.717) is 37.2 Å². The van der Waals surface area contributed by atoms with E-state index in [-0.39, 0.29) is 16.4 Å². The zero-order chi connectivity index (χ0) is 25.9. The second-order valence-electron chi connectivity index (χ2n) is 8.70. The summed E-state index contributed by atoms with van der Waals surface area (Å²) in [6.45, 7) is 1.98. The van der Waals surface area contributed by atoms with E-state index >= 15 is 0 Å². The predicted octanol–water partition coefficient (Wildman–Crippen LogP) is 2.03. The van der Waals surface area contributed by atoms with Crippen LogP contribution in [0.2, 0.25) is 0 Å². The molecule has 2 aliphatic rings. The Kier molecular flexibility index (Phi) is 7.51. The van der Waals surface area contributed by atoms with Gasteiger partial charge in [-0.15, -0.1) is 0 Å². The maximum Gasteiger partial charge on any atom is 0.331 e. The van der Waals surface area contributed by atoms with Crippen molar-refractivity contribution in [2.45, 2.75) is 30.7 Å². The number of ether oxygens (including phenoxy) is 1. The third-order valence-corrected chi connectivity index (χ3v) is 9.95. The molecule has 1 amide bonds. The van der Waals surface area contributed by atoms with Gasteiger partial charge in [-0.25, -0.2) is 21.6 Å². The van der Waals surface area contributed by atoms with E-state index in [1.807, 2.05) is 18.2 Å². The zero-order valence-corrected chi connectivity index (χ0v) is 21.5. The molecule has 1 atom stereocenters. The van der Waals surface area contributed by atoms with E-state index in [1.54, 1.807) is 25.1 Å². The molecule has 4 rings (SSSR count). The summed E-state index contributed by atoms with van der Waals surface area (Å²) in [6.07, 6.45) is 3.67. The van der Waals surface area contributed by atoms with E-state index in [4.69, 9.17) is 4.74 Å². The summed E-state index contributed by atoms with van der Waals surface area (Å²) in [5.74, 6) is -1.20. The lowest BCUT2D eigenvalue weighted by molar-refractivity contribution is -0.149. The molecule has 1 fully saturated rings. The molecule has 0 N–H and O–H groups in total. The molecule has 2 aromatic rings. The molecule has 9 nitrogen and oxygen atoms in total. The number of fused-ring (bicyclic) bond motifs is 1. The van der Waals surface area contributed by atoms with Gasteiger partial charge in [-0.05, 0) is 55.2 Å². The number of anilines is 1. The molecule has 192 valence electrons. The maximum absolute atomic E-state index is 13.1. The number of carbonyl (C=O) groups is 2. The van der Waals surface area contributed by atoms with Gasteiger partial charge in [-0.2, -0.15) is 0 Å². The summed E-state index contributed by atoms with van der Waals surface area (Å²) in [6, 6.07) is 13.2. The van der Waals surface area contributed by atoms with Crippen LogP contribution in [0.15, 0.2) is 59.5 Å². The number of sulfonamides is 1. The molecule has 0 aromatic heterocycles. The average molecular weight is 533 g/mol. The van der Waals surface area contributed by atoms with Crippen molar-refractivity contribution in [2.75, 3.05) is 35.5 Å². The first-order valence-electron chi connectivity index (χ1n) is 11.7. The zero-order valence-electron chi connectivity index (χ0n) is 19.9. The van der Waals surface area contributed by atoms with Gasteiger partial charge in [0.1, 0.15) is 0 Å². The summed E-state index contributed by atoms with van der Waals surface area (Å²) >= 11 is 0. The molecule has 2 aliphatic heterocycles. The Bertz CT molecular complexity index is 1380. The van der Waals surface area contributed by atoms with Crippen molar-refractivity contribution in [2.24, 2.45) is 0 Å². The fraction of sp³-hybridized carbons (Fsp3) is 0.360. The summed E-state index contributed by atoms with van der Waals surface area (Å²) in [7, 11) is -6.84. The molecule has 36 heavy (non-hydrogen) atoms. The lowest BCUT2D eigenvalue weighted by Gasteiger charge is -2.26. The third kappa shape index (κ3) is 5.62. The predicted molar refractivity (Wildman–Crippen MR) is 136 cm³/mol. The molecular formula is C25H28N2O7S2. The highest BCUT2D eigenvalue weighted by molar-refractivity contribution is 7.93. The van der Waals surface area contributed by atoms with Gasteiger partial charge in [0.25, 0.3) is 15.9 Å². The molecule has 0 saturated carbocycles. The molecule has 0 aliphatic carbocycles. The Balaban J connectivity index is 1.33. The number of hydrogen-bond donors (Lipinski definition) is 0. The highest BCUT2D eigenvalue weighted by atomic mass is 32.2. The second kappa shape index (κ2) is 10.4. The Morgan fingerprint density at radius 3 is 2.53 bits per heavy atom. The first-order chi connectivity index (χ1) is 17.1. The summed E-state index contributed by atoms with van der Waals surface area (Å²) in [4.78, 5) is 26.1. The van der Waals surface area contributed by atoms with Crippen molar-refractivity contribution in [1.29, 1.82) is 0 Å². The molecule has 1 saturated heterocycles. The van der Waals surface area contributed by atoms with Gasteiger partial charge in [0.2, 0.25) is 0 Å². The molecule has 1 unspecified atom stereocenters. The van der Waals surface area contributed by atoms with Crippen LogP contribution < -0.4 is 4.31 Å². The summed E-state index contributed by atoms with van der Waals surface area (Å²) in [5, 5.41) is 0. The fourth-order valence-corrected chi connectivity index (χ4v) is 7.76. The number of rotatable bonds is 8. The third-order valence-electron chi connectivity index (χ3n) is 6.37. The fourth-order valence-electron chi connectivity index (χ4n) is 4.52. The quantitative estimate of drug-likeness (QED) is 0.377. The molecule has 2 aromatic carbocycles. The minimum absolute atomic E-state index is 0.0510. The van der Waals surface area contributed by atoms with Crippen molar-refractivity contribution in [3.8, 4) is 0 Å². The summed E-state index contributed by atoms with van der Waals surface area (Å²) in [5.41, 5.74) is 2.27. The number of likely N-dealkylation sites (N-methyl/N-ethyl adjacent to an activating group) is 1. The van der Waals surface area contributed by atoms with Crippen molar-refractivity contribution >= 4 is 43.5 Å². The van der Waals surface area contributed by atoms with Crippen LogP contribution in [0.25, 0.3) is 6.08 Å². The Morgan fingerprint density at radius 2 is 1.86 bits per heavy atom. The van der Waals surface area contributed by atoms with Gasteiger partial charge < -0.3 is 9.64 Å².